The van der Waals surface area contributed by atoms with Crippen molar-refractivity contribution in [2.45, 2.75) is 44.6 Å². The van der Waals surface area contributed by atoms with Gasteiger partial charge >= 0.3 is 5.97 Å². The van der Waals surface area contributed by atoms with E-state index in [1.54, 1.807) is 0 Å². The Bertz CT molecular complexity index is 1320. The van der Waals surface area contributed by atoms with E-state index >= 15 is 0 Å². The van der Waals surface area contributed by atoms with Crippen LogP contribution in [0.2, 0.25) is 0 Å². The van der Waals surface area contributed by atoms with Crippen LogP contribution in [0.25, 0.3) is 22.2 Å². The number of benzene rings is 3. The molecule has 35 heavy (non-hydrogen) atoms. The van der Waals surface area contributed by atoms with E-state index in [1.807, 2.05) is 66.7 Å². The summed E-state index contributed by atoms with van der Waals surface area (Å²) in [6.45, 7) is 3.06. The van der Waals surface area contributed by atoms with Gasteiger partial charge in [-0.2, -0.15) is 0 Å². The van der Waals surface area contributed by atoms with Crippen molar-refractivity contribution >= 4 is 16.7 Å². The Balaban J connectivity index is 1.25. The highest BCUT2D eigenvalue weighted by Crippen LogP contribution is 2.31. The Morgan fingerprint density at radius 1 is 1.09 bits per heavy atom. The van der Waals surface area contributed by atoms with Gasteiger partial charge in [-0.25, -0.2) is 9.78 Å². The maximum atomic E-state index is 11.8. The molecule has 0 saturated carbocycles. The Labute approximate surface area is 204 Å². The number of ether oxygens (including phenoxy) is 2. The minimum absolute atomic E-state index is 0.374. The number of carboxylic acids is 1. The molecule has 3 aromatic carbocycles. The zero-order chi connectivity index (χ0) is 24.3. The monoisotopic (exact) mass is 471 g/mol. The first kappa shape index (κ1) is 23.1. The van der Waals surface area contributed by atoms with E-state index in [4.69, 9.17) is 18.9 Å². The number of rotatable bonds is 9. The number of carbonyl (C=O) groups is 1. The molecule has 5 rings (SSSR count). The lowest BCUT2D eigenvalue weighted by Gasteiger charge is -2.23. The van der Waals surface area contributed by atoms with Crippen molar-refractivity contribution in [3.05, 3.63) is 83.7 Å². The Hall–Kier alpha value is -3.64. The first-order chi connectivity index (χ1) is 17.1. The first-order valence-electron chi connectivity index (χ1n) is 12.1. The minimum Gasteiger partial charge on any atom is -0.493 e. The molecular formula is C29H29NO5. The number of hydrogen-bond acceptors (Lipinski definition) is 5. The average Bonchev–Trinajstić information content (AvgIpc) is 3.52. The van der Waals surface area contributed by atoms with Gasteiger partial charge in [0.15, 0.2) is 5.60 Å². The van der Waals surface area contributed by atoms with Gasteiger partial charge in [0.05, 0.1) is 12.3 Å². The van der Waals surface area contributed by atoms with E-state index < -0.39 is 11.6 Å². The van der Waals surface area contributed by atoms with Crippen molar-refractivity contribution in [2.24, 2.45) is 0 Å². The fourth-order valence-electron chi connectivity index (χ4n) is 4.71. The molecule has 1 unspecified atom stereocenters. The molecule has 0 spiro atoms. The molecule has 0 bridgehead atoms. The maximum Gasteiger partial charge on any atom is 0.336 e. The van der Waals surface area contributed by atoms with Gasteiger partial charge in [-0.1, -0.05) is 49.4 Å². The van der Waals surface area contributed by atoms with E-state index in [9.17, 15) is 9.90 Å². The second-order valence-electron chi connectivity index (χ2n) is 8.98. The fraction of sp³-hybridized carbons (Fsp3) is 0.310. The van der Waals surface area contributed by atoms with Gasteiger partial charge in [-0.05, 0) is 53.4 Å². The van der Waals surface area contributed by atoms with E-state index in [0.29, 0.717) is 38.4 Å². The molecular weight excluding hydrogens is 442 g/mol. The lowest BCUT2D eigenvalue weighted by molar-refractivity contribution is -0.159. The normalized spacial score (nSPS) is 17.6. The summed E-state index contributed by atoms with van der Waals surface area (Å²) in [6, 6.07) is 21.9. The van der Waals surface area contributed by atoms with Gasteiger partial charge in [0.2, 0.25) is 5.89 Å². The second kappa shape index (κ2) is 9.92. The standard InChI is InChI=1S/C29H29NO5/c1-2-26-25(30-27(35-26)21-7-4-3-5-8-21)13-16-33-24-12-11-22-17-20(9-10-23(22)18-24)19-29(28(31)32)14-6-15-34-29/h3-5,7-12,17-18H,2,6,13-16,19H2,1H3,(H,31,32). The van der Waals surface area contributed by atoms with E-state index in [1.165, 1.54) is 0 Å². The summed E-state index contributed by atoms with van der Waals surface area (Å²) >= 11 is 0. The number of aromatic nitrogens is 1. The van der Waals surface area contributed by atoms with Gasteiger partial charge in [0, 0.05) is 31.4 Å². The quantitative estimate of drug-likeness (QED) is 0.330. The second-order valence-corrected chi connectivity index (χ2v) is 8.98. The summed E-state index contributed by atoms with van der Waals surface area (Å²) in [5, 5.41) is 11.8. The zero-order valence-corrected chi connectivity index (χ0v) is 19.8. The number of hydrogen-bond donors (Lipinski definition) is 1. The van der Waals surface area contributed by atoms with Crippen LogP contribution in [0.4, 0.5) is 0 Å². The lowest BCUT2D eigenvalue weighted by Crippen LogP contribution is -2.40. The molecule has 6 nitrogen and oxygen atoms in total. The number of carboxylic acid groups (broad SMARTS) is 1. The van der Waals surface area contributed by atoms with Crippen LogP contribution in [0.1, 0.15) is 36.8 Å². The minimum atomic E-state index is -1.10. The zero-order valence-electron chi connectivity index (χ0n) is 19.8. The van der Waals surface area contributed by atoms with Crippen molar-refractivity contribution in [3.63, 3.8) is 0 Å². The van der Waals surface area contributed by atoms with Gasteiger partial charge in [-0.3, -0.25) is 0 Å². The van der Waals surface area contributed by atoms with Crippen LogP contribution in [0.5, 0.6) is 5.75 Å². The van der Waals surface area contributed by atoms with Crippen molar-refractivity contribution in [1.29, 1.82) is 0 Å². The molecule has 1 saturated heterocycles. The third-order valence-electron chi connectivity index (χ3n) is 6.59. The SMILES string of the molecule is CCc1oc(-c2ccccc2)nc1CCOc1ccc2cc(CC3(C(=O)O)CCCO3)ccc2c1. The summed E-state index contributed by atoms with van der Waals surface area (Å²) in [7, 11) is 0. The third kappa shape index (κ3) is 4.93. The number of aliphatic carboxylic acids is 1. The van der Waals surface area contributed by atoms with Crippen molar-refractivity contribution in [2.75, 3.05) is 13.2 Å². The summed E-state index contributed by atoms with van der Waals surface area (Å²) in [6.07, 6.45) is 3.14. The van der Waals surface area contributed by atoms with Crippen LogP contribution in [0, 0.1) is 0 Å². The molecule has 1 aliphatic rings. The largest absolute Gasteiger partial charge is 0.493 e. The van der Waals surface area contributed by atoms with Crippen LogP contribution >= 0.6 is 0 Å². The average molecular weight is 472 g/mol. The van der Waals surface area contributed by atoms with Crippen LogP contribution in [-0.4, -0.2) is 34.9 Å². The summed E-state index contributed by atoms with van der Waals surface area (Å²) < 4.78 is 17.6. The molecule has 0 aliphatic carbocycles. The molecule has 1 aliphatic heterocycles. The van der Waals surface area contributed by atoms with E-state index in [2.05, 4.69) is 6.92 Å². The molecule has 1 aromatic heterocycles. The molecule has 2 heterocycles. The van der Waals surface area contributed by atoms with Gasteiger partial charge in [-0.15, -0.1) is 0 Å². The number of aryl methyl sites for hydroxylation is 1. The summed E-state index contributed by atoms with van der Waals surface area (Å²) in [5.41, 5.74) is 1.76. The third-order valence-corrected chi connectivity index (χ3v) is 6.59. The highest BCUT2D eigenvalue weighted by molar-refractivity contribution is 5.85. The van der Waals surface area contributed by atoms with Crippen LogP contribution < -0.4 is 4.74 Å². The first-order valence-corrected chi connectivity index (χ1v) is 12.1. The van der Waals surface area contributed by atoms with E-state index in [-0.39, 0.29) is 0 Å². The smallest absolute Gasteiger partial charge is 0.336 e. The van der Waals surface area contributed by atoms with Crippen molar-refractivity contribution < 1.29 is 23.8 Å². The topological polar surface area (TPSA) is 81.8 Å². The molecule has 4 aromatic rings. The number of fused-ring (bicyclic) bond motifs is 1. The molecule has 1 N–H and O–H groups in total. The molecule has 0 amide bonds. The van der Waals surface area contributed by atoms with Crippen molar-refractivity contribution in [1.82, 2.24) is 4.98 Å². The van der Waals surface area contributed by atoms with Gasteiger partial charge in [0.1, 0.15) is 11.5 Å². The Morgan fingerprint density at radius 3 is 2.63 bits per heavy atom. The predicted molar refractivity (Wildman–Crippen MR) is 134 cm³/mol. The summed E-state index contributed by atoms with van der Waals surface area (Å²) in [4.78, 5) is 16.5. The molecule has 6 heteroatoms. The van der Waals surface area contributed by atoms with Gasteiger partial charge < -0.3 is 19.0 Å². The Kier molecular flexibility index (Phi) is 6.55. The highest BCUT2D eigenvalue weighted by atomic mass is 16.5. The van der Waals surface area contributed by atoms with Gasteiger partial charge in [0.25, 0.3) is 0 Å². The number of oxazole rings is 1. The summed E-state index contributed by atoms with van der Waals surface area (Å²) in [5.74, 6) is 1.44. The van der Waals surface area contributed by atoms with Crippen LogP contribution in [-0.2, 0) is 28.8 Å². The Morgan fingerprint density at radius 2 is 1.89 bits per heavy atom. The molecule has 1 atom stereocenters. The molecule has 180 valence electrons. The van der Waals surface area contributed by atoms with Crippen LogP contribution in [0.3, 0.4) is 0 Å². The van der Waals surface area contributed by atoms with E-state index in [0.717, 1.165) is 51.9 Å². The van der Waals surface area contributed by atoms with Crippen LogP contribution in [0.15, 0.2) is 71.1 Å². The maximum absolute atomic E-state index is 11.8. The fourth-order valence-corrected chi connectivity index (χ4v) is 4.71. The molecule has 0 radical (unpaired) electrons. The highest BCUT2D eigenvalue weighted by Gasteiger charge is 2.42. The number of nitrogens with zero attached hydrogens (tertiary/aromatic N) is 1. The lowest BCUT2D eigenvalue weighted by atomic mass is 9.91. The van der Waals surface area contributed by atoms with Crippen molar-refractivity contribution in [3.8, 4) is 17.2 Å². The molecule has 1 fully saturated rings. The predicted octanol–water partition coefficient (Wildman–Crippen LogP) is 5.86.